The van der Waals surface area contributed by atoms with Crippen molar-refractivity contribution in [1.29, 1.82) is 0 Å². The van der Waals surface area contributed by atoms with Crippen LogP contribution in [0.5, 0.6) is 0 Å². The maximum atomic E-state index is 13.1. The number of hydrogen-bond donors (Lipinski definition) is 1. The summed E-state index contributed by atoms with van der Waals surface area (Å²) in [5.74, 6) is -2.77. The van der Waals surface area contributed by atoms with Gasteiger partial charge in [-0.3, -0.25) is 4.79 Å². The van der Waals surface area contributed by atoms with Gasteiger partial charge in [0.25, 0.3) is 0 Å². The molecule has 2 atom stereocenters. The van der Waals surface area contributed by atoms with Crippen molar-refractivity contribution in [3.8, 4) is 0 Å². The number of amides is 1. The molecule has 4 nitrogen and oxygen atoms in total. The minimum Gasteiger partial charge on any atom is -0.480 e. The van der Waals surface area contributed by atoms with Gasteiger partial charge < -0.3 is 10.0 Å². The summed E-state index contributed by atoms with van der Waals surface area (Å²) in [5, 5.41) is 8.80. The Kier molecular flexibility index (Phi) is 2.78. The van der Waals surface area contributed by atoms with Crippen LogP contribution < -0.4 is 0 Å². The van der Waals surface area contributed by atoms with Gasteiger partial charge >= 0.3 is 12.1 Å². The van der Waals surface area contributed by atoms with Crippen molar-refractivity contribution in [1.82, 2.24) is 4.90 Å². The van der Waals surface area contributed by atoms with E-state index in [0.717, 1.165) is 0 Å². The van der Waals surface area contributed by atoms with Gasteiger partial charge in [0.2, 0.25) is 5.91 Å². The van der Waals surface area contributed by atoms with Gasteiger partial charge in [-0.05, 0) is 12.8 Å². The highest BCUT2D eigenvalue weighted by Gasteiger charge is 2.70. The Hall–Kier alpha value is -1.34. The molecular weight excluding hydrogens is 258 g/mol. The van der Waals surface area contributed by atoms with Gasteiger partial charge in [0.1, 0.15) is 17.6 Å². The molecule has 18 heavy (non-hydrogen) atoms. The third kappa shape index (κ3) is 1.83. The molecule has 2 rings (SSSR count). The van der Waals surface area contributed by atoms with E-state index in [9.17, 15) is 27.2 Å². The molecule has 1 heterocycles. The van der Waals surface area contributed by atoms with E-state index in [4.69, 9.17) is 5.11 Å². The minimum atomic E-state index is -4.71. The number of hydrogen-bond acceptors (Lipinski definition) is 2. The fourth-order valence-corrected chi connectivity index (χ4v) is 2.26. The number of halogens is 4. The van der Waals surface area contributed by atoms with Gasteiger partial charge in [0, 0.05) is 6.42 Å². The Morgan fingerprint density at radius 1 is 1.28 bits per heavy atom. The van der Waals surface area contributed by atoms with Crippen LogP contribution in [-0.4, -0.2) is 46.8 Å². The van der Waals surface area contributed by atoms with Crippen molar-refractivity contribution in [2.24, 2.45) is 5.41 Å². The summed E-state index contributed by atoms with van der Waals surface area (Å²) in [6.45, 7) is -0.576. The maximum absolute atomic E-state index is 13.1. The second-order valence-corrected chi connectivity index (χ2v) is 4.72. The van der Waals surface area contributed by atoms with Crippen LogP contribution in [0.2, 0.25) is 0 Å². The molecule has 2 aliphatic rings. The summed E-state index contributed by atoms with van der Waals surface area (Å²) in [7, 11) is 0. The first-order chi connectivity index (χ1) is 8.19. The fraction of sp³-hybridized carbons (Fsp3) is 0.800. The van der Waals surface area contributed by atoms with Crippen LogP contribution in [0.25, 0.3) is 0 Å². The van der Waals surface area contributed by atoms with E-state index < -0.39 is 48.6 Å². The molecule has 1 saturated heterocycles. The number of aliphatic carboxylic acids is 1. The standard InChI is InChI=1S/C10H11F4NO3/c11-5-3-6(7(16)17)15(4-5)8(18)9(1-2-9)10(12,13)14/h5-6H,1-4H2,(H,16,17)/t5-,6+/m1/s1. The molecule has 8 heteroatoms. The second-order valence-electron chi connectivity index (χ2n) is 4.72. The molecule has 0 unspecified atom stereocenters. The molecule has 1 N–H and O–H groups in total. The van der Waals surface area contributed by atoms with Crippen LogP contribution in [-0.2, 0) is 9.59 Å². The van der Waals surface area contributed by atoms with Gasteiger partial charge in [0.15, 0.2) is 0 Å². The number of likely N-dealkylation sites (tertiary alicyclic amines) is 1. The molecule has 0 aromatic rings. The van der Waals surface area contributed by atoms with Crippen LogP contribution in [0.3, 0.4) is 0 Å². The molecule has 1 amide bonds. The van der Waals surface area contributed by atoms with E-state index in [0.29, 0.717) is 4.90 Å². The van der Waals surface area contributed by atoms with Gasteiger partial charge in [-0.2, -0.15) is 13.2 Å². The number of carbonyl (C=O) groups excluding carboxylic acids is 1. The Balaban J connectivity index is 2.21. The second kappa shape index (κ2) is 3.83. The van der Waals surface area contributed by atoms with E-state index in [1.54, 1.807) is 0 Å². The Morgan fingerprint density at radius 3 is 2.22 bits per heavy atom. The minimum absolute atomic E-state index is 0.352. The van der Waals surface area contributed by atoms with E-state index in [-0.39, 0.29) is 12.8 Å². The zero-order valence-corrected chi connectivity index (χ0v) is 9.21. The molecule has 0 bridgehead atoms. The monoisotopic (exact) mass is 269 g/mol. The first-order valence-corrected chi connectivity index (χ1v) is 5.44. The fourth-order valence-electron chi connectivity index (χ4n) is 2.26. The number of nitrogens with zero attached hydrogens (tertiary/aromatic N) is 1. The topological polar surface area (TPSA) is 57.6 Å². The van der Waals surface area contributed by atoms with Crippen molar-refractivity contribution in [3.05, 3.63) is 0 Å². The first kappa shape index (κ1) is 13.1. The molecule has 102 valence electrons. The summed E-state index contributed by atoms with van der Waals surface area (Å²) in [4.78, 5) is 23.2. The van der Waals surface area contributed by atoms with Crippen molar-refractivity contribution >= 4 is 11.9 Å². The lowest BCUT2D eigenvalue weighted by molar-refractivity contribution is -0.200. The molecule has 0 aromatic heterocycles. The highest BCUT2D eigenvalue weighted by atomic mass is 19.4. The zero-order valence-electron chi connectivity index (χ0n) is 9.21. The van der Waals surface area contributed by atoms with Crippen LogP contribution in [0, 0.1) is 5.41 Å². The molecule has 1 aliphatic heterocycles. The Morgan fingerprint density at radius 2 is 1.83 bits per heavy atom. The van der Waals surface area contributed by atoms with Crippen molar-refractivity contribution in [3.63, 3.8) is 0 Å². The SMILES string of the molecule is O=C(O)[C@@H]1C[C@@H](F)CN1C(=O)C1(C(F)(F)F)CC1. The third-order valence-corrected chi connectivity index (χ3v) is 3.50. The van der Waals surface area contributed by atoms with E-state index in [1.807, 2.05) is 0 Å². The van der Waals surface area contributed by atoms with Gasteiger partial charge in [0.05, 0.1) is 6.54 Å². The summed E-state index contributed by atoms with van der Waals surface area (Å²) in [6.07, 6.45) is -7.44. The summed E-state index contributed by atoms with van der Waals surface area (Å²) in [5.41, 5.74) is -2.48. The van der Waals surface area contributed by atoms with Gasteiger partial charge in [-0.1, -0.05) is 0 Å². The number of rotatable bonds is 2. The smallest absolute Gasteiger partial charge is 0.403 e. The highest BCUT2D eigenvalue weighted by Crippen LogP contribution is 2.59. The van der Waals surface area contributed by atoms with Crippen LogP contribution in [0.1, 0.15) is 19.3 Å². The normalized spacial score (nSPS) is 30.3. The molecule has 0 aromatic carbocycles. The lowest BCUT2D eigenvalue weighted by Crippen LogP contribution is -2.48. The number of carboxylic acids is 1. The van der Waals surface area contributed by atoms with Crippen LogP contribution in [0.15, 0.2) is 0 Å². The first-order valence-electron chi connectivity index (χ1n) is 5.44. The quantitative estimate of drug-likeness (QED) is 0.770. The average molecular weight is 269 g/mol. The molecular formula is C10H11F4NO3. The molecule has 2 fully saturated rings. The van der Waals surface area contributed by atoms with Crippen LogP contribution >= 0.6 is 0 Å². The number of carbonyl (C=O) groups is 2. The lowest BCUT2D eigenvalue weighted by atomic mass is 10.0. The molecule has 1 saturated carbocycles. The largest absolute Gasteiger partial charge is 0.480 e. The zero-order chi connectivity index (χ0) is 13.7. The molecule has 0 radical (unpaired) electrons. The predicted octanol–water partition coefficient (Wildman–Crippen LogP) is 1.35. The number of carboxylic acid groups (broad SMARTS) is 1. The predicted molar refractivity (Wildman–Crippen MR) is 50.4 cm³/mol. The lowest BCUT2D eigenvalue weighted by Gasteiger charge is -2.27. The summed E-state index contributed by atoms with van der Waals surface area (Å²) >= 11 is 0. The third-order valence-electron chi connectivity index (χ3n) is 3.50. The number of alkyl halides is 4. The average Bonchev–Trinajstić information content (AvgIpc) is 2.95. The van der Waals surface area contributed by atoms with E-state index in [1.165, 1.54) is 0 Å². The highest BCUT2D eigenvalue weighted by molar-refractivity contribution is 5.90. The Bertz CT molecular complexity index is 391. The van der Waals surface area contributed by atoms with E-state index >= 15 is 0 Å². The van der Waals surface area contributed by atoms with Crippen molar-refractivity contribution < 1.29 is 32.3 Å². The van der Waals surface area contributed by atoms with Crippen molar-refractivity contribution in [2.45, 2.75) is 37.7 Å². The van der Waals surface area contributed by atoms with Gasteiger partial charge in [-0.25, -0.2) is 9.18 Å². The molecule has 0 spiro atoms. The summed E-state index contributed by atoms with van der Waals surface area (Å²) < 4.78 is 51.3. The summed E-state index contributed by atoms with van der Waals surface area (Å²) in [6, 6.07) is -1.49. The van der Waals surface area contributed by atoms with Crippen molar-refractivity contribution in [2.75, 3.05) is 6.54 Å². The maximum Gasteiger partial charge on any atom is 0.403 e. The van der Waals surface area contributed by atoms with Gasteiger partial charge in [-0.15, -0.1) is 0 Å². The Labute approximate surface area is 99.6 Å². The van der Waals surface area contributed by atoms with Crippen LogP contribution in [0.4, 0.5) is 17.6 Å². The van der Waals surface area contributed by atoms with E-state index in [2.05, 4.69) is 0 Å². The molecule has 1 aliphatic carbocycles.